The van der Waals surface area contributed by atoms with Crippen LogP contribution < -0.4 is 0 Å². The van der Waals surface area contributed by atoms with Crippen LogP contribution in [0.1, 0.15) is 56.1 Å². The molecular formula is C23H29FN2O3. The van der Waals surface area contributed by atoms with Crippen LogP contribution in [-0.2, 0) is 22.7 Å². The van der Waals surface area contributed by atoms with Gasteiger partial charge in [-0.25, -0.2) is 4.39 Å². The number of hydrogen-bond donors (Lipinski definition) is 0. The van der Waals surface area contributed by atoms with Gasteiger partial charge in [0.25, 0.3) is 0 Å². The van der Waals surface area contributed by atoms with Gasteiger partial charge in [-0.05, 0) is 56.0 Å². The number of aryl methyl sites for hydroxylation is 1. The van der Waals surface area contributed by atoms with E-state index >= 15 is 0 Å². The summed E-state index contributed by atoms with van der Waals surface area (Å²) < 4.78 is 18.9. The Bertz CT molecular complexity index is 827. The van der Waals surface area contributed by atoms with Gasteiger partial charge in [-0.3, -0.25) is 9.59 Å². The monoisotopic (exact) mass is 400 g/mol. The minimum Gasteiger partial charge on any atom is -0.464 e. The van der Waals surface area contributed by atoms with Crippen molar-refractivity contribution in [1.82, 2.24) is 9.80 Å². The van der Waals surface area contributed by atoms with E-state index in [4.69, 9.17) is 4.42 Å². The molecule has 0 atom stereocenters. The van der Waals surface area contributed by atoms with Gasteiger partial charge in [0.1, 0.15) is 23.9 Å². The van der Waals surface area contributed by atoms with Gasteiger partial charge in [-0.2, -0.15) is 0 Å². The fourth-order valence-electron chi connectivity index (χ4n) is 3.33. The van der Waals surface area contributed by atoms with Gasteiger partial charge in [0.05, 0.1) is 6.54 Å². The highest BCUT2D eigenvalue weighted by molar-refractivity contribution is 5.85. The number of carbonyl (C=O) groups is 2. The molecule has 156 valence electrons. The van der Waals surface area contributed by atoms with Gasteiger partial charge >= 0.3 is 0 Å². The van der Waals surface area contributed by atoms with E-state index in [0.717, 1.165) is 37.0 Å². The Kier molecular flexibility index (Phi) is 7.07. The van der Waals surface area contributed by atoms with Gasteiger partial charge in [0, 0.05) is 19.0 Å². The number of benzene rings is 1. The Morgan fingerprint density at radius 1 is 1.07 bits per heavy atom. The molecule has 0 bridgehead atoms. The normalized spacial score (nSPS) is 13.3. The molecule has 1 heterocycles. The largest absolute Gasteiger partial charge is 0.464 e. The van der Waals surface area contributed by atoms with Crippen molar-refractivity contribution < 1.29 is 18.4 Å². The molecule has 5 nitrogen and oxygen atoms in total. The number of nitrogens with zero attached hydrogens (tertiary/aromatic N) is 2. The molecule has 1 fully saturated rings. The zero-order valence-electron chi connectivity index (χ0n) is 17.2. The number of carbonyl (C=O) groups excluding carboxylic acids is 2. The first-order valence-corrected chi connectivity index (χ1v) is 10.3. The predicted octanol–water partition coefficient (Wildman–Crippen LogP) is 4.44. The summed E-state index contributed by atoms with van der Waals surface area (Å²) in [4.78, 5) is 29.2. The zero-order valence-corrected chi connectivity index (χ0v) is 17.2. The topological polar surface area (TPSA) is 53.8 Å². The summed E-state index contributed by atoms with van der Waals surface area (Å²) >= 11 is 0. The number of rotatable bonds is 10. The number of hydrogen-bond acceptors (Lipinski definition) is 3. The van der Waals surface area contributed by atoms with Crippen LogP contribution in [0.2, 0.25) is 0 Å². The molecular weight excluding hydrogens is 371 g/mol. The molecule has 0 radical (unpaired) electrons. The fraction of sp³-hybridized carbons (Fsp3) is 0.478. The van der Waals surface area contributed by atoms with Gasteiger partial charge in [-0.1, -0.05) is 25.5 Å². The Balaban J connectivity index is 1.73. The van der Waals surface area contributed by atoms with Gasteiger partial charge < -0.3 is 14.2 Å². The highest BCUT2D eigenvalue weighted by Crippen LogP contribution is 2.28. The molecule has 6 heteroatoms. The van der Waals surface area contributed by atoms with E-state index in [-0.39, 0.29) is 30.2 Å². The van der Waals surface area contributed by atoms with E-state index in [1.807, 2.05) is 19.1 Å². The maximum Gasteiger partial charge on any atom is 0.242 e. The highest BCUT2D eigenvalue weighted by atomic mass is 19.1. The molecule has 1 aliphatic rings. The van der Waals surface area contributed by atoms with Crippen molar-refractivity contribution in [2.45, 2.75) is 65.1 Å². The van der Waals surface area contributed by atoms with E-state index in [1.165, 1.54) is 12.1 Å². The standard InChI is InChI=1S/C23H29FN2O3/c1-3-4-5-22(27)26(20-11-12-20)16-23(28)25(15-21-13-6-17(2)29-21)14-18-7-9-19(24)10-8-18/h6-10,13,20H,3-5,11-12,14-16H2,1-2H3. The number of unbranched alkanes of at least 4 members (excludes halogenated alkanes) is 1. The minimum atomic E-state index is -0.310. The third-order valence-corrected chi connectivity index (χ3v) is 5.14. The summed E-state index contributed by atoms with van der Waals surface area (Å²) in [5.74, 6) is 1.09. The van der Waals surface area contributed by atoms with E-state index in [2.05, 4.69) is 6.92 Å². The molecule has 1 aromatic carbocycles. The van der Waals surface area contributed by atoms with Crippen LogP contribution in [0.5, 0.6) is 0 Å². The Morgan fingerprint density at radius 3 is 2.38 bits per heavy atom. The summed E-state index contributed by atoms with van der Waals surface area (Å²) in [6, 6.07) is 10.0. The van der Waals surface area contributed by atoms with Crippen molar-refractivity contribution in [3.05, 3.63) is 59.3 Å². The molecule has 0 saturated heterocycles. The summed E-state index contributed by atoms with van der Waals surface area (Å²) in [7, 11) is 0. The van der Waals surface area contributed by atoms with Crippen LogP contribution in [0.25, 0.3) is 0 Å². The quantitative estimate of drug-likeness (QED) is 0.593. The smallest absolute Gasteiger partial charge is 0.242 e. The first-order chi connectivity index (χ1) is 14.0. The molecule has 2 aromatic rings. The van der Waals surface area contributed by atoms with E-state index in [1.54, 1.807) is 21.9 Å². The molecule has 3 rings (SSSR count). The lowest BCUT2D eigenvalue weighted by atomic mass is 10.2. The third kappa shape index (κ3) is 6.17. The van der Waals surface area contributed by atoms with Crippen molar-refractivity contribution in [3.8, 4) is 0 Å². The van der Waals surface area contributed by atoms with Crippen LogP contribution in [0.15, 0.2) is 40.8 Å². The second kappa shape index (κ2) is 9.72. The van der Waals surface area contributed by atoms with Crippen LogP contribution >= 0.6 is 0 Å². The first-order valence-electron chi connectivity index (χ1n) is 10.3. The maximum absolute atomic E-state index is 13.3. The molecule has 0 spiro atoms. The number of amides is 2. The Hall–Kier alpha value is -2.63. The molecule has 0 N–H and O–H groups in total. The summed E-state index contributed by atoms with van der Waals surface area (Å²) in [6.45, 7) is 4.63. The average Bonchev–Trinajstić information content (AvgIpc) is 3.46. The second-order valence-electron chi connectivity index (χ2n) is 7.74. The van der Waals surface area contributed by atoms with E-state index in [0.29, 0.717) is 25.3 Å². The first kappa shape index (κ1) is 21.1. The molecule has 0 unspecified atom stereocenters. The lowest BCUT2D eigenvalue weighted by Crippen LogP contribution is -2.43. The third-order valence-electron chi connectivity index (χ3n) is 5.14. The highest BCUT2D eigenvalue weighted by Gasteiger charge is 2.34. The Labute approximate surface area is 171 Å². The number of halogens is 1. The Morgan fingerprint density at radius 2 is 1.79 bits per heavy atom. The van der Waals surface area contributed by atoms with Gasteiger partial charge in [0.15, 0.2) is 0 Å². The van der Waals surface area contributed by atoms with Gasteiger partial charge in [0.2, 0.25) is 11.8 Å². The minimum absolute atomic E-state index is 0.0540. The molecule has 1 saturated carbocycles. The zero-order chi connectivity index (χ0) is 20.8. The fourth-order valence-corrected chi connectivity index (χ4v) is 3.33. The summed E-state index contributed by atoms with van der Waals surface area (Å²) in [5, 5.41) is 0. The van der Waals surface area contributed by atoms with Crippen LogP contribution in [-0.4, -0.2) is 34.2 Å². The van der Waals surface area contributed by atoms with Crippen molar-refractivity contribution in [2.24, 2.45) is 0 Å². The van der Waals surface area contributed by atoms with Crippen LogP contribution in [0.4, 0.5) is 4.39 Å². The summed E-state index contributed by atoms with van der Waals surface area (Å²) in [5.41, 5.74) is 0.832. The van der Waals surface area contributed by atoms with Crippen molar-refractivity contribution in [2.75, 3.05) is 6.54 Å². The van der Waals surface area contributed by atoms with Crippen LogP contribution in [0.3, 0.4) is 0 Å². The maximum atomic E-state index is 13.3. The van der Waals surface area contributed by atoms with Crippen molar-refractivity contribution in [1.29, 1.82) is 0 Å². The molecule has 29 heavy (non-hydrogen) atoms. The lowest BCUT2D eigenvalue weighted by Gasteiger charge is -2.27. The lowest BCUT2D eigenvalue weighted by molar-refractivity contribution is -0.142. The second-order valence-corrected chi connectivity index (χ2v) is 7.74. The number of furan rings is 1. The molecule has 1 aromatic heterocycles. The van der Waals surface area contributed by atoms with Gasteiger partial charge in [-0.15, -0.1) is 0 Å². The van der Waals surface area contributed by atoms with Crippen molar-refractivity contribution in [3.63, 3.8) is 0 Å². The SMILES string of the molecule is CCCCC(=O)N(CC(=O)N(Cc1ccc(F)cc1)Cc1ccc(C)o1)C1CC1. The molecule has 1 aliphatic carbocycles. The van der Waals surface area contributed by atoms with E-state index in [9.17, 15) is 14.0 Å². The van der Waals surface area contributed by atoms with E-state index < -0.39 is 0 Å². The molecule has 0 aliphatic heterocycles. The van der Waals surface area contributed by atoms with Crippen LogP contribution in [0, 0.1) is 12.7 Å². The van der Waals surface area contributed by atoms with Crippen molar-refractivity contribution >= 4 is 11.8 Å². The predicted molar refractivity (Wildman–Crippen MR) is 108 cm³/mol. The average molecular weight is 400 g/mol. The summed E-state index contributed by atoms with van der Waals surface area (Å²) in [6.07, 6.45) is 4.19. The molecule has 2 amide bonds.